The normalized spacial score (nSPS) is 10.7. The average molecular weight is 227 g/mol. The Kier molecular flexibility index (Phi) is 1.74. The van der Waals surface area contributed by atoms with Crippen LogP contribution in [0.5, 0.6) is 0 Å². The van der Waals surface area contributed by atoms with Crippen molar-refractivity contribution < 1.29 is 0 Å². The van der Waals surface area contributed by atoms with E-state index in [1.54, 1.807) is 11.3 Å². The van der Waals surface area contributed by atoms with E-state index in [9.17, 15) is 0 Å². The summed E-state index contributed by atoms with van der Waals surface area (Å²) in [5.74, 6) is 0. The van der Waals surface area contributed by atoms with E-state index in [0.717, 1.165) is 0 Å². The maximum absolute atomic E-state index is 3.51. The summed E-state index contributed by atoms with van der Waals surface area (Å²) in [5.41, 5.74) is 1.36. The van der Waals surface area contributed by atoms with Gasteiger partial charge < -0.3 is 0 Å². The summed E-state index contributed by atoms with van der Waals surface area (Å²) in [5, 5.41) is 3.47. The van der Waals surface area contributed by atoms with Gasteiger partial charge in [-0.05, 0) is 28.4 Å². The first-order valence-corrected chi connectivity index (χ1v) is 5.08. The summed E-state index contributed by atoms with van der Waals surface area (Å²) in [4.78, 5) is 0. The fourth-order valence-electron chi connectivity index (χ4n) is 1.17. The summed E-state index contributed by atoms with van der Waals surface area (Å²) in [6.07, 6.45) is 0. The number of hydrogen-bond acceptors (Lipinski definition) is 1. The maximum atomic E-state index is 3.51. The van der Waals surface area contributed by atoms with Gasteiger partial charge in [0.15, 0.2) is 0 Å². The van der Waals surface area contributed by atoms with Gasteiger partial charge >= 0.3 is 0 Å². The van der Waals surface area contributed by atoms with Crippen molar-refractivity contribution in [1.82, 2.24) is 0 Å². The third kappa shape index (κ3) is 1.10. The predicted octanol–water partition coefficient (Wildman–Crippen LogP) is 3.97. The molecule has 1 aromatic carbocycles. The quantitative estimate of drug-likeness (QED) is 0.638. The minimum absolute atomic E-state index is 1.21. The van der Waals surface area contributed by atoms with Crippen LogP contribution in [0.25, 0.3) is 10.1 Å². The Morgan fingerprint density at radius 2 is 2.18 bits per heavy atom. The van der Waals surface area contributed by atoms with E-state index < -0.39 is 0 Å². The Morgan fingerprint density at radius 1 is 1.36 bits per heavy atom. The predicted molar refractivity (Wildman–Crippen MR) is 54.3 cm³/mol. The fourth-order valence-corrected chi connectivity index (χ4v) is 2.82. The van der Waals surface area contributed by atoms with Crippen LogP contribution in [0.4, 0.5) is 0 Å². The van der Waals surface area contributed by atoms with Crippen LogP contribution in [0.15, 0.2) is 28.1 Å². The molecule has 0 atom stereocenters. The Labute approximate surface area is 78.0 Å². The lowest BCUT2D eigenvalue weighted by atomic mass is 10.2. The van der Waals surface area contributed by atoms with Crippen LogP contribution in [-0.2, 0) is 0 Å². The van der Waals surface area contributed by atoms with Crippen LogP contribution in [0, 0.1) is 6.92 Å². The van der Waals surface area contributed by atoms with E-state index in [1.807, 2.05) is 0 Å². The van der Waals surface area contributed by atoms with Crippen LogP contribution >= 0.6 is 27.3 Å². The topological polar surface area (TPSA) is 0 Å². The second kappa shape index (κ2) is 2.61. The van der Waals surface area contributed by atoms with E-state index >= 15 is 0 Å². The zero-order valence-electron chi connectivity index (χ0n) is 6.10. The summed E-state index contributed by atoms with van der Waals surface area (Å²) < 4.78 is 2.60. The van der Waals surface area contributed by atoms with Crippen LogP contribution < -0.4 is 0 Å². The van der Waals surface area contributed by atoms with E-state index in [-0.39, 0.29) is 0 Å². The number of aryl methyl sites for hydroxylation is 1. The van der Waals surface area contributed by atoms with Crippen molar-refractivity contribution in [3.63, 3.8) is 0 Å². The molecule has 0 spiro atoms. The van der Waals surface area contributed by atoms with E-state index in [4.69, 9.17) is 0 Å². The molecule has 0 unspecified atom stereocenters. The molecule has 0 fully saturated rings. The molecule has 2 rings (SSSR count). The van der Waals surface area contributed by atoms with E-state index in [2.05, 4.69) is 46.4 Å². The summed E-state index contributed by atoms with van der Waals surface area (Å²) in [6.45, 7) is 2.14. The van der Waals surface area contributed by atoms with Crippen molar-refractivity contribution in [3.05, 3.63) is 33.6 Å². The third-order valence-electron chi connectivity index (χ3n) is 1.75. The molecule has 0 bridgehead atoms. The average Bonchev–Trinajstić information content (AvgIpc) is 2.35. The second-order valence-electron chi connectivity index (χ2n) is 2.54. The lowest BCUT2D eigenvalue weighted by Crippen LogP contribution is -1.69. The molecule has 11 heavy (non-hydrogen) atoms. The summed E-state index contributed by atoms with van der Waals surface area (Å²) in [7, 11) is 0. The molecule has 0 N–H and O–H groups in total. The number of benzene rings is 1. The first kappa shape index (κ1) is 7.32. The van der Waals surface area contributed by atoms with Crippen molar-refractivity contribution in [2.24, 2.45) is 0 Å². The molecular weight excluding hydrogens is 220 g/mol. The molecule has 2 aromatic rings. The number of thiophene rings is 1. The highest BCUT2D eigenvalue weighted by Gasteiger charge is 2.01. The minimum Gasteiger partial charge on any atom is -0.142 e. The molecule has 1 aromatic heterocycles. The van der Waals surface area contributed by atoms with Gasteiger partial charge in [0.1, 0.15) is 0 Å². The largest absolute Gasteiger partial charge is 0.142 e. The van der Waals surface area contributed by atoms with Gasteiger partial charge in [0.2, 0.25) is 0 Å². The Hall–Kier alpha value is -0.340. The smallest absolute Gasteiger partial charge is 0.0383 e. The molecule has 1 heterocycles. The highest BCUT2D eigenvalue weighted by molar-refractivity contribution is 9.10. The van der Waals surface area contributed by atoms with Gasteiger partial charge in [0, 0.05) is 19.9 Å². The summed E-state index contributed by atoms with van der Waals surface area (Å²) in [6, 6.07) is 6.38. The van der Waals surface area contributed by atoms with Crippen LogP contribution in [0.1, 0.15) is 5.56 Å². The zero-order chi connectivity index (χ0) is 7.84. The molecule has 2 heteroatoms. The van der Waals surface area contributed by atoms with Crippen molar-refractivity contribution in [2.75, 3.05) is 0 Å². The molecule has 0 aliphatic rings. The van der Waals surface area contributed by atoms with Crippen LogP contribution in [-0.4, -0.2) is 0 Å². The minimum atomic E-state index is 1.21. The lowest BCUT2D eigenvalue weighted by Gasteiger charge is -1.93. The Morgan fingerprint density at radius 3 is 2.91 bits per heavy atom. The van der Waals surface area contributed by atoms with Gasteiger partial charge in [0.05, 0.1) is 0 Å². The molecule has 0 saturated carbocycles. The third-order valence-corrected chi connectivity index (χ3v) is 3.84. The van der Waals surface area contributed by atoms with Crippen molar-refractivity contribution in [1.29, 1.82) is 0 Å². The van der Waals surface area contributed by atoms with Gasteiger partial charge in [-0.3, -0.25) is 0 Å². The van der Waals surface area contributed by atoms with Gasteiger partial charge in [-0.15, -0.1) is 11.3 Å². The monoisotopic (exact) mass is 226 g/mol. The van der Waals surface area contributed by atoms with Crippen molar-refractivity contribution in [2.45, 2.75) is 6.92 Å². The van der Waals surface area contributed by atoms with Crippen LogP contribution in [0.2, 0.25) is 0 Å². The van der Waals surface area contributed by atoms with Gasteiger partial charge in [0.25, 0.3) is 0 Å². The SMILES string of the molecule is Cc1cccc2c(Br)csc12. The Bertz CT molecular complexity index is 389. The number of hydrogen-bond donors (Lipinski definition) is 0. The molecule has 56 valence electrons. The molecule has 0 saturated heterocycles. The molecule has 0 aliphatic carbocycles. The highest BCUT2D eigenvalue weighted by atomic mass is 79.9. The van der Waals surface area contributed by atoms with Gasteiger partial charge in [-0.2, -0.15) is 0 Å². The standard InChI is InChI=1S/C9H7BrS/c1-6-3-2-4-7-8(10)5-11-9(6)7/h2-5H,1H3. The first-order chi connectivity index (χ1) is 5.29. The zero-order valence-corrected chi connectivity index (χ0v) is 8.50. The summed E-state index contributed by atoms with van der Waals surface area (Å²) >= 11 is 5.31. The molecular formula is C9H7BrS. The van der Waals surface area contributed by atoms with Crippen molar-refractivity contribution >= 4 is 37.4 Å². The van der Waals surface area contributed by atoms with Gasteiger partial charge in [-0.1, -0.05) is 18.2 Å². The number of fused-ring (bicyclic) bond motifs is 1. The lowest BCUT2D eigenvalue weighted by molar-refractivity contribution is 1.56. The molecule has 0 nitrogen and oxygen atoms in total. The van der Waals surface area contributed by atoms with Gasteiger partial charge in [-0.25, -0.2) is 0 Å². The van der Waals surface area contributed by atoms with Crippen molar-refractivity contribution in [3.8, 4) is 0 Å². The molecule has 0 amide bonds. The van der Waals surface area contributed by atoms with E-state index in [0.29, 0.717) is 0 Å². The molecule has 0 radical (unpaired) electrons. The second-order valence-corrected chi connectivity index (χ2v) is 4.27. The first-order valence-electron chi connectivity index (χ1n) is 3.41. The maximum Gasteiger partial charge on any atom is 0.0383 e. The van der Waals surface area contributed by atoms with Crippen LogP contribution in [0.3, 0.4) is 0 Å². The number of rotatable bonds is 0. The fraction of sp³-hybridized carbons (Fsp3) is 0.111. The molecule has 0 aliphatic heterocycles. The van der Waals surface area contributed by atoms with E-state index in [1.165, 1.54) is 20.1 Å². The Balaban J connectivity index is 2.94. The number of halogens is 1. The highest BCUT2D eigenvalue weighted by Crippen LogP contribution is 2.31.